The van der Waals surface area contributed by atoms with Crippen LogP contribution in [-0.2, 0) is 0 Å². The highest BCUT2D eigenvalue weighted by Crippen LogP contribution is 2.27. The summed E-state index contributed by atoms with van der Waals surface area (Å²) in [5.74, 6) is 4.00. The summed E-state index contributed by atoms with van der Waals surface area (Å²) in [7, 11) is 1.57. The predicted molar refractivity (Wildman–Crippen MR) is 93.8 cm³/mol. The van der Waals surface area contributed by atoms with Crippen LogP contribution in [0.25, 0.3) is 11.4 Å². The zero-order valence-electron chi connectivity index (χ0n) is 14.7. The lowest BCUT2D eigenvalue weighted by molar-refractivity contribution is 0.230. The molecule has 0 aliphatic heterocycles. The van der Waals surface area contributed by atoms with Crippen molar-refractivity contribution in [1.82, 2.24) is 20.8 Å². The minimum Gasteiger partial charge on any atom is -0.496 e. The van der Waals surface area contributed by atoms with Gasteiger partial charge in [-0.2, -0.15) is 4.98 Å². The van der Waals surface area contributed by atoms with E-state index in [1.165, 1.54) is 0 Å². The molecular formula is C18H22N4O3. The number of hydrogen-bond acceptors (Lipinski definition) is 5. The number of para-hydroxylation sites is 1. The minimum atomic E-state index is -0.471. The van der Waals surface area contributed by atoms with E-state index >= 15 is 0 Å². The van der Waals surface area contributed by atoms with Crippen LogP contribution >= 0.6 is 0 Å². The average Bonchev–Trinajstić information content (AvgIpc) is 3.09. The Labute approximate surface area is 147 Å². The van der Waals surface area contributed by atoms with E-state index in [1.54, 1.807) is 14.0 Å². The zero-order chi connectivity index (χ0) is 18.4. The molecule has 2 rings (SSSR count). The van der Waals surface area contributed by atoms with Crippen LogP contribution in [0.3, 0.4) is 0 Å². The molecule has 0 saturated heterocycles. The highest BCUT2D eigenvalue weighted by atomic mass is 16.5. The standard InChI is InChI=1S/C18H22N4O3/c1-6-14(11(2)3)20-18(23)19-12(4)17-21-16(22-25-17)13-9-7-8-10-15(13)24-5/h1,7-12,14H,2-5H3,(H2,19,20,23)/t12-,14+/m1/s1. The Hall–Kier alpha value is -3.01. The Morgan fingerprint density at radius 3 is 2.64 bits per heavy atom. The van der Waals surface area contributed by atoms with Crippen molar-refractivity contribution in [2.75, 3.05) is 7.11 Å². The minimum absolute atomic E-state index is 0.131. The fraction of sp³-hybridized carbons (Fsp3) is 0.389. The van der Waals surface area contributed by atoms with E-state index in [4.69, 9.17) is 15.7 Å². The van der Waals surface area contributed by atoms with Gasteiger partial charge in [0.1, 0.15) is 11.8 Å². The van der Waals surface area contributed by atoms with Crippen LogP contribution in [-0.4, -0.2) is 29.3 Å². The molecular weight excluding hydrogens is 320 g/mol. The number of terminal acetylenes is 1. The van der Waals surface area contributed by atoms with Gasteiger partial charge in [0.25, 0.3) is 0 Å². The third-order valence-corrected chi connectivity index (χ3v) is 3.64. The van der Waals surface area contributed by atoms with Gasteiger partial charge in [-0.25, -0.2) is 4.79 Å². The first-order chi connectivity index (χ1) is 12.0. The number of carbonyl (C=O) groups excluding carboxylic acids is 1. The van der Waals surface area contributed by atoms with Crippen molar-refractivity contribution in [3.63, 3.8) is 0 Å². The van der Waals surface area contributed by atoms with E-state index < -0.39 is 6.04 Å². The lowest BCUT2D eigenvalue weighted by Crippen LogP contribution is -2.44. The number of nitrogens with one attached hydrogen (secondary N) is 2. The molecule has 0 spiro atoms. The molecule has 1 aromatic heterocycles. The predicted octanol–water partition coefficient (Wildman–Crippen LogP) is 2.76. The van der Waals surface area contributed by atoms with Crippen molar-refractivity contribution in [2.45, 2.75) is 32.9 Å². The van der Waals surface area contributed by atoms with Crippen molar-refractivity contribution in [1.29, 1.82) is 0 Å². The lowest BCUT2D eigenvalue weighted by Gasteiger charge is -2.18. The number of nitrogens with zero attached hydrogens (tertiary/aromatic N) is 2. The SMILES string of the molecule is C#C[C@H](NC(=O)N[C@H](C)c1nc(-c2ccccc2OC)no1)C(C)C. The zero-order valence-corrected chi connectivity index (χ0v) is 14.7. The molecule has 0 aliphatic carbocycles. The quantitative estimate of drug-likeness (QED) is 0.788. The number of benzene rings is 1. The van der Waals surface area contributed by atoms with Crippen LogP contribution in [0.5, 0.6) is 5.75 Å². The highest BCUT2D eigenvalue weighted by molar-refractivity contribution is 5.75. The molecule has 2 amide bonds. The first-order valence-corrected chi connectivity index (χ1v) is 7.96. The maximum Gasteiger partial charge on any atom is 0.316 e. The van der Waals surface area contributed by atoms with Gasteiger partial charge >= 0.3 is 6.03 Å². The molecule has 25 heavy (non-hydrogen) atoms. The summed E-state index contributed by atoms with van der Waals surface area (Å²) >= 11 is 0. The summed E-state index contributed by atoms with van der Waals surface area (Å²) < 4.78 is 10.6. The Balaban J connectivity index is 2.07. The molecule has 0 fully saturated rings. The number of ether oxygens (including phenoxy) is 1. The molecule has 132 valence electrons. The fourth-order valence-electron chi connectivity index (χ4n) is 2.19. The molecule has 1 aromatic carbocycles. The molecule has 0 aliphatic rings. The van der Waals surface area contributed by atoms with E-state index in [9.17, 15) is 4.79 Å². The van der Waals surface area contributed by atoms with E-state index in [0.29, 0.717) is 17.1 Å². The summed E-state index contributed by atoms with van der Waals surface area (Å²) in [4.78, 5) is 16.4. The van der Waals surface area contributed by atoms with Gasteiger partial charge in [0, 0.05) is 0 Å². The first kappa shape index (κ1) is 18.3. The second kappa shape index (κ2) is 8.20. The monoisotopic (exact) mass is 342 g/mol. The maximum atomic E-state index is 12.1. The van der Waals surface area contributed by atoms with Crippen LogP contribution in [0.1, 0.15) is 32.7 Å². The summed E-state index contributed by atoms with van der Waals surface area (Å²) in [5, 5.41) is 9.42. The van der Waals surface area contributed by atoms with E-state index in [0.717, 1.165) is 0 Å². The van der Waals surface area contributed by atoms with Gasteiger partial charge in [-0.1, -0.05) is 37.1 Å². The third-order valence-electron chi connectivity index (χ3n) is 3.64. The second-order valence-corrected chi connectivity index (χ2v) is 5.88. The number of amides is 2. The van der Waals surface area contributed by atoms with Crippen LogP contribution in [0.2, 0.25) is 0 Å². The van der Waals surface area contributed by atoms with Gasteiger partial charge in [0.2, 0.25) is 11.7 Å². The largest absolute Gasteiger partial charge is 0.496 e. The Morgan fingerprint density at radius 2 is 2.00 bits per heavy atom. The first-order valence-electron chi connectivity index (χ1n) is 7.96. The lowest BCUT2D eigenvalue weighted by atomic mass is 10.1. The van der Waals surface area contributed by atoms with Crippen LogP contribution in [0, 0.1) is 18.3 Å². The molecule has 0 unspecified atom stereocenters. The molecule has 0 radical (unpaired) electrons. The van der Waals surface area contributed by atoms with E-state index in [-0.39, 0.29) is 23.9 Å². The summed E-state index contributed by atoms with van der Waals surface area (Å²) in [6.45, 7) is 5.62. The molecule has 2 atom stereocenters. The Kier molecular flexibility index (Phi) is 6.01. The highest BCUT2D eigenvalue weighted by Gasteiger charge is 2.20. The summed E-state index contributed by atoms with van der Waals surface area (Å²) in [5.41, 5.74) is 0.712. The normalized spacial score (nSPS) is 13.0. The smallest absolute Gasteiger partial charge is 0.316 e. The van der Waals surface area contributed by atoms with Crippen molar-refractivity contribution in [3.8, 4) is 29.5 Å². The molecule has 1 heterocycles. The Morgan fingerprint density at radius 1 is 1.28 bits per heavy atom. The number of urea groups is 1. The van der Waals surface area contributed by atoms with Crippen molar-refractivity contribution in [3.05, 3.63) is 30.2 Å². The topological polar surface area (TPSA) is 89.3 Å². The summed E-state index contributed by atoms with van der Waals surface area (Å²) in [6.07, 6.45) is 5.41. The fourth-order valence-corrected chi connectivity index (χ4v) is 2.19. The third kappa shape index (κ3) is 4.51. The van der Waals surface area contributed by atoms with Crippen molar-refractivity contribution in [2.24, 2.45) is 5.92 Å². The van der Waals surface area contributed by atoms with Gasteiger partial charge in [0.05, 0.1) is 18.7 Å². The molecule has 7 nitrogen and oxygen atoms in total. The van der Waals surface area contributed by atoms with Crippen LogP contribution in [0.15, 0.2) is 28.8 Å². The number of carbonyl (C=O) groups is 1. The average molecular weight is 342 g/mol. The van der Waals surface area contributed by atoms with Gasteiger partial charge in [-0.05, 0) is 25.0 Å². The van der Waals surface area contributed by atoms with Crippen molar-refractivity contribution >= 4 is 6.03 Å². The van der Waals surface area contributed by atoms with E-state index in [1.807, 2.05) is 38.1 Å². The number of methoxy groups -OCH3 is 1. The van der Waals surface area contributed by atoms with Gasteiger partial charge in [-0.15, -0.1) is 6.42 Å². The second-order valence-electron chi connectivity index (χ2n) is 5.88. The van der Waals surface area contributed by atoms with Crippen molar-refractivity contribution < 1.29 is 14.1 Å². The molecule has 0 bridgehead atoms. The van der Waals surface area contributed by atoms with Crippen LogP contribution < -0.4 is 15.4 Å². The molecule has 0 saturated carbocycles. The molecule has 7 heteroatoms. The van der Waals surface area contributed by atoms with Crippen LogP contribution in [0.4, 0.5) is 4.79 Å². The number of hydrogen-bond donors (Lipinski definition) is 2. The van der Waals surface area contributed by atoms with E-state index in [2.05, 4.69) is 26.7 Å². The van der Waals surface area contributed by atoms with Gasteiger partial charge in [-0.3, -0.25) is 0 Å². The number of rotatable bonds is 6. The number of aromatic nitrogens is 2. The summed E-state index contributed by atoms with van der Waals surface area (Å²) in [6, 6.07) is 6.15. The Bertz CT molecular complexity index is 764. The van der Waals surface area contributed by atoms with Gasteiger partial charge < -0.3 is 19.9 Å². The molecule has 2 aromatic rings. The maximum absolute atomic E-state index is 12.1. The molecule has 2 N–H and O–H groups in total. The van der Waals surface area contributed by atoms with Gasteiger partial charge in [0.15, 0.2) is 0 Å².